The predicted molar refractivity (Wildman–Crippen MR) is 93.4 cm³/mol. The van der Waals surface area contributed by atoms with Gasteiger partial charge in [-0.25, -0.2) is 0 Å². The number of carbonyl (C=O) groups is 1. The lowest BCUT2D eigenvalue weighted by Gasteiger charge is -2.35. The van der Waals surface area contributed by atoms with Gasteiger partial charge in [-0.3, -0.25) is 14.8 Å². The molecule has 26 heavy (non-hydrogen) atoms. The Kier molecular flexibility index (Phi) is 6.27. The molecule has 2 aromatic heterocycles. The Bertz CT molecular complexity index is 704. The van der Waals surface area contributed by atoms with Gasteiger partial charge in [-0.05, 0) is 12.8 Å². The molecule has 1 aliphatic rings. The van der Waals surface area contributed by atoms with Crippen molar-refractivity contribution in [2.24, 2.45) is 0 Å². The molecule has 8 nitrogen and oxygen atoms in total. The van der Waals surface area contributed by atoms with Gasteiger partial charge in [0.05, 0.1) is 24.9 Å². The topological polar surface area (TPSA) is 94.2 Å². The van der Waals surface area contributed by atoms with E-state index >= 15 is 0 Å². The summed E-state index contributed by atoms with van der Waals surface area (Å²) in [5.74, 6) is 1.52. The summed E-state index contributed by atoms with van der Waals surface area (Å²) >= 11 is 0. The summed E-state index contributed by atoms with van der Waals surface area (Å²) in [6.45, 7) is 5.77. The Balaban J connectivity index is 1.53. The van der Waals surface area contributed by atoms with Crippen LogP contribution >= 0.6 is 0 Å². The van der Waals surface area contributed by atoms with Gasteiger partial charge in [0.2, 0.25) is 11.8 Å². The highest BCUT2D eigenvalue weighted by Crippen LogP contribution is 2.16. The van der Waals surface area contributed by atoms with E-state index in [1.807, 2.05) is 18.7 Å². The van der Waals surface area contributed by atoms with E-state index in [0.29, 0.717) is 44.3 Å². The van der Waals surface area contributed by atoms with E-state index in [0.717, 1.165) is 18.5 Å². The third-order valence-corrected chi connectivity index (χ3v) is 4.45. The Hall–Kier alpha value is -2.35. The van der Waals surface area contributed by atoms with Crippen molar-refractivity contribution < 1.29 is 14.1 Å². The van der Waals surface area contributed by atoms with Crippen molar-refractivity contribution in [2.45, 2.75) is 51.5 Å². The molecule has 3 rings (SSSR count). The molecule has 0 spiro atoms. The molecule has 1 atom stereocenters. The molecular weight excluding hydrogens is 334 g/mol. The Morgan fingerprint density at radius 3 is 2.96 bits per heavy atom. The molecule has 3 heterocycles. The predicted octanol–water partition coefficient (Wildman–Crippen LogP) is 1.78. The fraction of sp³-hybridized carbons (Fsp3) is 0.611. The molecular formula is C18H25N5O3. The molecule has 0 N–H and O–H groups in total. The first-order chi connectivity index (χ1) is 12.6. The Morgan fingerprint density at radius 1 is 1.35 bits per heavy atom. The largest absolute Gasteiger partial charge is 0.377 e. The van der Waals surface area contributed by atoms with Gasteiger partial charge >= 0.3 is 0 Å². The molecule has 2 aromatic rings. The van der Waals surface area contributed by atoms with Crippen LogP contribution in [0, 0.1) is 0 Å². The van der Waals surface area contributed by atoms with E-state index in [9.17, 15) is 4.79 Å². The molecule has 1 amide bonds. The summed E-state index contributed by atoms with van der Waals surface area (Å²) in [5, 5.41) is 3.94. The summed E-state index contributed by atoms with van der Waals surface area (Å²) in [6, 6.07) is 0.0622. The third kappa shape index (κ3) is 4.85. The van der Waals surface area contributed by atoms with Crippen molar-refractivity contribution >= 4 is 5.91 Å². The molecule has 0 aromatic carbocycles. The fourth-order valence-electron chi connectivity index (χ4n) is 2.96. The Morgan fingerprint density at radius 2 is 2.23 bits per heavy atom. The molecule has 0 unspecified atom stereocenters. The summed E-state index contributed by atoms with van der Waals surface area (Å²) in [6.07, 6.45) is 7.51. The van der Waals surface area contributed by atoms with Gasteiger partial charge in [-0.1, -0.05) is 19.0 Å². The molecule has 0 aliphatic carbocycles. The Labute approximate surface area is 153 Å². The lowest BCUT2D eigenvalue weighted by atomic mass is 10.1. The van der Waals surface area contributed by atoms with Crippen LogP contribution in [-0.2, 0) is 22.4 Å². The van der Waals surface area contributed by atoms with Gasteiger partial charge in [0.1, 0.15) is 0 Å². The van der Waals surface area contributed by atoms with Gasteiger partial charge in [-0.2, -0.15) is 4.98 Å². The van der Waals surface area contributed by atoms with Crippen LogP contribution in [0.1, 0.15) is 50.0 Å². The van der Waals surface area contributed by atoms with Gasteiger partial charge < -0.3 is 14.2 Å². The highest BCUT2D eigenvalue weighted by molar-refractivity contribution is 5.76. The minimum absolute atomic E-state index is 0.0622. The number of aryl methyl sites for hydroxylation is 2. The normalized spacial score (nSPS) is 17.7. The van der Waals surface area contributed by atoms with E-state index in [2.05, 4.69) is 20.1 Å². The van der Waals surface area contributed by atoms with E-state index in [1.54, 1.807) is 18.6 Å². The number of hydrogen-bond donors (Lipinski definition) is 0. The van der Waals surface area contributed by atoms with Crippen LogP contribution in [0.5, 0.6) is 0 Å². The van der Waals surface area contributed by atoms with Gasteiger partial charge in [0.15, 0.2) is 5.82 Å². The lowest BCUT2D eigenvalue weighted by Crippen LogP contribution is -2.49. The summed E-state index contributed by atoms with van der Waals surface area (Å²) in [5.41, 5.74) is 0.928. The number of morpholine rings is 1. The van der Waals surface area contributed by atoms with Crippen LogP contribution in [0.25, 0.3) is 0 Å². The second-order valence-electron chi connectivity index (χ2n) is 6.75. The highest BCUT2D eigenvalue weighted by atomic mass is 16.5. The van der Waals surface area contributed by atoms with E-state index in [-0.39, 0.29) is 17.9 Å². The van der Waals surface area contributed by atoms with Crippen molar-refractivity contribution in [3.05, 3.63) is 36.0 Å². The zero-order valence-electron chi connectivity index (χ0n) is 15.3. The maximum atomic E-state index is 12.7. The maximum absolute atomic E-state index is 12.7. The fourth-order valence-corrected chi connectivity index (χ4v) is 2.96. The zero-order chi connectivity index (χ0) is 18.4. The monoisotopic (exact) mass is 359 g/mol. The molecule has 1 fully saturated rings. The molecule has 8 heteroatoms. The van der Waals surface area contributed by atoms with Gasteiger partial charge in [0.25, 0.3) is 0 Å². The third-order valence-electron chi connectivity index (χ3n) is 4.45. The standard InChI is InChI=1S/C18H25N5O3/c1-13(2)18-21-16(26-22-18)5-6-17(24)23-9-10-25-12-15(23)4-3-14-11-19-7-8-20-14/h7-8,11,13,15H,3-6,9-10,12H2,1-2H3/t15-/m0/s1. The number of ether oxygens (including phenoxy) is 1. The summed E-state index contributed by atoms with van der Waals surface area (Å²) in [4.78, 5) is 27.3. The molecule has 140 valence electrons. The molecule has 0 radical (unpaired) electrons. The second kappa shape index (κ2) is 8.84. The van der Waals surface area contributed by atoms with Crippen LogP contribution in [0.3, 0.4) is 0 Å². The molecule has 0 saturated carbocycles. The van der Waals surface area contributed by atoms with E-state index < -0.39 is 0 Å². The minimum Gasteiger partial charge on any atom is -0.377 e. The SMILES string of the molecule is CC(C)c1noc(CCC(=O)N2CCOC[C@@H]2CCc2cnccn2)n1. The highest BCUT2D eigenvalue weighted by Gasteiger charge is 2.27. The zero-order valence-corrected chi connectivity index (χ0v) is 15.3. The maximum Gasteiger partial charge on any atom is 0.227 e. The molecule has 1 saturated heterocycles. The summed E-state index contributed by atoms with van der Waals surface area (Å²) in [7, 11) is 0. The van der Waals surface area contributed by atoms with Crippen LogP contribution in [0.15, 0.2) is 23.1 Å². The van der Waals surface area contributed by atoms with E-state index in [4.69, 9.17) is 9.26 Å². The first-order valence-corrected chi connectivity index (χ1v) is 9.08. The van der Waals surface area contributed by atoms with Crippen molar-refractivity contribution in [2.75, 3.05) is 19.8 Å². The average Bonchev–Trinajstić information content (AvgIpc) is 3.15. The van der Waals surface area contributed by atoms with Crippen molar-refractivity contribution in [3.8, 4) is 0 Å². The first kappa shape index (κ1) is 18.4. The van der Waals surface area contributed by atoms with Crippen molar-refractivity contribution in [3.63, 3.8) is 0 Å². The number of nitrogens with zero attached hydrogens (tertiary/aromatic N) is 5. The van der Waals surface area contributed by atoms with Crippen molar-refractivity contribution in [1.82, 2.24) is 25.0 Å². The number of aromatic nitrogens is 4. The minimum atomic E-state index is 0.0622. The van der Waals surface area contributed by atoms with Crippen LogP contribution in [-0.4, -0.2) is 56.7 Å². The molecule has 1 aliphatic heterocycles. The van der Waals surface area contributed by atoms with Gasteiger partial charge in [0, 0.05) is 43.9 Å². The quantitative estimate of drug-likeness (QED) is 0.743. The average molecular weight is 359 g/mol. The van der Waals surface area contributed by atoms with Crippen LogP contribution < -0.4 is 0 Å². The molecule has 0 bridgehead atoms. The number of carbonyl (C=O) groups excluding carboxylic acids is 1. The number of rotatable bonds is 7. The van der Waals surface area contributed by atoms with Crippen LogP contribution in [0.2, 0.25) is 0 Å². The van der Waals surface area contributed by atoms with E-state index in [1.165, 1.54) is 0 Å². The smallest absolute Gasteiger partial charge is 0.227 e. The summed E-state index contributed by atoms with van der Waals surface area (Å²) < 4.78 is 10.8. The number of amides is 1. The lowest BCUT2D eigenvalue weighted by molar-refractivity contribution is -0.140. The number of hydrogen-bond acceptors (Lipinski definition) is 7. The second-order valence-corrected chi connectivity index (χ2v) is 6.75. The van der Waals surface area contributed by atoms with Gasteiger partial charge in [-0.15, -0.1) is 0 Å². The van der Waals surface area contributed by atoms with Crippen molar-refractivity contribution in [1.29, 1.82) is 0 Å². The first-order valence-electron chi connectivity index (χ1n) is 9.08. The van der Waals surface area contributed by atoms with Crippen LogP contribution in [0.4, 0.5) is 0 Å².